The first-order valence-electron chi connectivity index (χ1n) is 10.8. The molecule has 2 aliphatic carbocycles. The summed E-state index contributed by atoms with van der Waals surface area (Å²) in [6.07, 6.45) is 8.55. The first-order valence-corrected chi connectivity index (χ1v) is 12.3. The fourth-order valence-corrected chi connectivity index (χ4v) is 7.05. The molecule has 0 radical (unpaired) electrons. The lowest BCUT2D eigenvalue weighted by Crippen LogP contribution is -2.40. The van der Waals surface area contributed by atoms with E-state index in [1.54, 1.807) is 28.6 Å². The average molecular weight is 405 g/mol. The molecule has 1 N–H and O–H groups in total. The molecule has 154 valence electrons. The maximum absolute atomic E-state index is 12.7. The summed E-state index contributed by atoms with van der Waals surface area (Å²) in [5.41, 5.74) is 0.857. The number of nitrogens with one attached hydrogen (secondary N) is 1. The topological polar surface area (TPSA) is 66.5 Å². The molecule has 1 saturated heterocycles. The Hall–Kier alpha value is -1.40. The highest BCUT2D eigenvalue weighted by Crippen LogP contribution is 2.49. The van der Waals surface area contributed by atoms with Crippen molar-refractivity contribution < 1.29 is 13.2 Å². The van der Waals surface area contributed by atoms with Crippen molar-refractivity contribution in [2.75, 3.05) is 13.1 Å². The van der Waals surface area contributed by atoms with E-state index in [0.717, 1.165) is 36.7 Å². The normalized spacial score (nSPS) is 29.0. The van der Waals surface area contributed by atoms with E-state index in [-0.39, 0.29) is 11.9 Å². The van der Waals surface area contributed by atoms with Crippen molar-refractivity contribution in [2.24, 2.45) is 17.8 Å². The molecule has 4 atom stereocenters. The van der Waals surface area contributed by atoms with E-state index in [4.69, 9.17) is 0 Å². The maximum atomic E-state index is 12.7. The second-order valence-electron chi connectivity index (χ2n) is 8.98. The number of sulfonamides is 1. The highest BCUT2D eigenvalue weighted by molar-refractivity contribution is 7.89. The van der Waals surface area contributed by atoms with E-state index in [0.29, 0.717) is 30.3 Å². The lowest BCUT2D eigenvalue weighted by atomic mass is 9.84. The summed E-state index contributed by atoms with van der Waals surface area (Å²) in [4.78, 5) is 12.8. The van der Waals surface area contributed by atoms with Gasteiger partial charge in [0.2, 0.25) is 15.9 Å². The molecule has 3 aliphatic rings. The van der Waals surface area contributed by atoms with E-state index in [2.05, 4.69) is 12.2 Å². The van der Waals surface area contributed by atoms with E-state index in [1.165, 1.54) is 25.7 Å². The molecule has 2 saturated carbocycles. The highest BCUT2D eigenvalue weighted by Gasteiger charge is 2.42. The summed E-state index contributed by atoms with van der Waals surface area (Å²) in [5.74, 6) is 2.32. The van der Waals surface area contributed by atoms with Crippen molar-refractivity contribution in [1.29, 1.82) is 0 Å². The number of fused-ring (bicyclic) bond motifs is 2. The molecular formula is C22H32N2O3S. The third-order valence-electron chi connectivity index (χ3n) is 7.06. The average Bonchev–Trinajstić information content (AvgIpc) is 3.32. The molecule has 1 aliphatic heterocycles. The Bertz CT molecular complexity index is 800. The van der Waals surface area contributed by atoms with Gasteiger partial charge in [-0.15, -0.1) is 0 Å². The summed E-state index contributed by atoms with van der Waals surface area (Å²) in [6, 6.07) is 7.07. The van der Waals surface area contributed by atoms with Crippen LogP contribution in [0.5, 0.6) is 0 Å². The van der Waals surface area contributed by atoms with Gasteiger partial charge in [0.1, 0.15) is 0 Å². The van der Waals surface area contributed by atoms with Gasteiger partial charge in [-0.25, -0.2) is 8.42 Å². The fraction of sp³-hybridized carbons (Fsp3) is 0.682. The zero-order valence-electron chi connectivity index (χ0n) is 16.8. The number of nitrogens with zero attached hydrogens (tertiary/aromatic N) is 1. The number of piperidine rings is 1. The Labute approximate surface area is 168 Å². The third-order valence-corrected chi connectivity index (χ3v) is 8.98. The summed E-state index contributed by atoms with van der Waals surface area (Å²) in [5, 5.41) is 3.19. The SMILES string of the molecule is C[C@H](NC(=O)Cc1ccc(S(=O)(=O)N2CCCCC2)cc1)[C@H]1C[C@H]2CC[C@H]1C2. The van der Waals surface area contributed by atoms with Crippen LogP contribution >= 0.6 is 0 Å². The molecule has 1 aromatic rings. The van der Waals surface area contributed by atoms with Gasteiger partial charge in [-0.3, -0.25) is 4.79 Å². The fourth-order valence-electron chi connectivity index (χ4n) is 5.54. The number of amides is 1. The van der Waals surface area contributed by atoms with Gasteiger partial charge in [0, 0.05) is 19.1 Å². The van der Waals surface area contributed by atoms with Crippen molar-refractivity contribution in [1.82, 2.24) is 9.62 Å². The Balaban J connectivity index is 1.33. The van der Waals surface area contributed by atoms with Crippen LogP contribution in [0.3, 0.4) is 0 Å². The van der Waals surface area contributed by atoms with Gasteiger partial charge in [0.15, 0.2) is 0 Å². The number of hydrogen-bond acceptors (Lipinski definition) is 3. The van der Waals surface area contributed by atoms with E-state index in [9.17, 15) is 13.2 Å². The molecule has 3 fully saturated rings. The number of carbonyl (C=O) groups excluding carboxylic acids is 1. The molecule has 5 nitrogen and oxygen atoms in total. The van der Waals surface area contributed by atoms with Crippen molar-refractivity contribution >= 4 is 15.9 Å². The van der Waals surface area contributed by atoms with Crippen LogP contribution in [-0.4, -0.2) is 37.8 Å². The first kappa shape index (κ1) is 19.9. The van der Waals surface area contributed by atoms with Crippen LogP contribution in [0.2, 0.25) is 0 Å². The Kier molecular flexibility index (Phi) is 5.79. The summed E-state index contributed by atoms with van der Waals surface area (Å²) in [7, 11) is -3.41. The zero-order chi connectivity index (χ0) is 19.7. The van der Waals surface area contributed by atoms with Crippen molar-refractivity contribution in [2.45, 2.75) is 69.2 Å². The second kappa shape index (κ2) is 8.15. The quantitative estimate of drug-likeness (QED) is 0.791. The predicted octanol–water partition coefficient (Wildman–Crippen LogP) is 3.34. The molecule has 2 bridgehead atoms. The van der Waals surface area contributed by atoms with Crippen LogP contribution in [0.25, 0.3) is 0 Å². The van der Waals surface area contributed by atoms with Gasteiger partial charge >= 0.3 is 0 Å². The van der Waals surface area contributed by atoms with Crippen LogP contribution in [0.4, 0.5) is 0 Å². The van der Waals surface area contributed by atoms with Gasteiger partial charge in [-0.05, 0) is 74.5 Å². The van der Waals surface area contributed by atoms with Gasteiger partial charge in [-0.1, -0.05) is 25.0 Å². The van der Waals surface area contributed by atoms with Crippen LogP contribution in [0, 0.1) is 17.8 Å². The minimum Gasteiger partial charge on any atom is -0.353 e. The number of benzene rings is 1. The van der Waals surface area contributed by atoms with Crippen LogP contribution in [-0.2, 0) is 21.2 Å². The minimum atomic E-state index is -3.41. The molecular weight excluding hydrogens is 372 g/mol. The van der Waals surface area contributed by atoms with Crippen LogP contribution < -0.4 is 5.32 Å². The molecule has 1 amide bonds. The first-order chi connectivity index (χ1) is 13.4. The molecule has 1 heterocycles. The number of rotatable bonds is 6. The lowest BCUT2D eigenvalue weighted by molar-refractivity contribution is -0.121. The van der Waals surface area contributed by atoms with Gasteiger partial charge in [-0.2, -0.15) is 4.31 Å². The maximum Gasteiger partial charge on any atom is 0.243 e. The smallest absolute Gasteiger partial charge is 0.243 e. The Morgan fingerprint density at radius 1 is 1.11 bits per heavy atom. The summed E-state index contributed by atoms with van der Waals surface area (Å²) in [6.45, 7) is 3.35. The number of hydrogen-bond donors (Lipinski definition) is 1. The Morgan fingerprint density at radius 2 is 1.82 bits per heavy atom. The largest absolute Gasteiger partial charge is 0.353 e. The van der Waals surface area contributed by atoms with Gasteiger partial charge in [0.25, 0.3) is 0 Å². The molecule has 6 heteroatoms. The molecule has 0 aromatic heterocycles. The van der Waals surface area contributed by atoms with Crippen molar-refractivity contribution in [3.63, 3.8) is 0 Å². The number of carbonyl (C=O) groups is 1. The molecule has 0 spiro atoms. The molecule has 4 rings (SSSR count). The molecule has 28 heavy (non-hydrogen) atoms. The molecule has 1 aromatic carbocycles. The second-order valence-corrected chi connectivity index (χ2v) is 10.9. The monoisotopic (exact) mass is 404 g/mol. The minimum absolute atomic E-state index is 0.0295. The predicted molar refractivity (Wildman–Crippen MR) is 109 cm³/mol. The Morgan fingerprint density at radius 3 is 2.43 bits per heavy atom. The van der Waals surface area contributed by atoms with Crippen molar-refractivity contribution in [3.8, 4) is 0 Å². The van der Waals surface area contributed by atoms with Gasteiger partial charge < -0.3 is 5.32 Å². The summed E-state index contributed by atoms with van der Waals surface area (Å²) >= 11 is 0. The van der Waals surface area contributed by atoms with Crippen LogP contribution in [0.1, 0.15) is 57.4 Å². The third kappa shape index (κ3) is 4.13. The molecule has 0 unspecified atom stereocenters. The van der Waals surface area contributed by atoms with Gasteiger partial charge in [0.05, 0.1) is 11.3 Å². The van der Waals surface area contributed by atoms with E-state index in [1.807, 2.05) is 0 Å². The van der Waals surface area contributed by atoms with Crippen molar-refractivity contribution in [3.05, 3.63) is 29.8 Å². The van der Waals surface area contributed by atoms with Crippen LogP contribution in [0.15, 0.2) is 29.2 Å². The van der Waals surface area contributed by atoms with E-state index < -0.39 is 10.0 Å². The lowest BCUT2D eigenvalue weighted by Gasteiger charge is -2.28. The summed E-state index contributed by atoms with van der Waals surface area (Å²) < 4.78 is 27.0. The highest BCUT2D eigenvalue weighted by atomic mass is 32.2. The van der Waals surface area contributed by atoms with E-state index >= 15 is 0 Å². The standard InChI is InChI=1S/C22H32N2O3S/c1-16(21-14-18-5-8-19(21)13-18)23-22(25)15-17-6-9-20(10-7-17)28(26,27)24-11-3-2-4-12-24/h6-7,9-10,16,18-19,21H,2-5,8,11-15H2,1H3,(H,23,25)/t16-,18-,19-,21+/m0/s1. The zero-order valence-corrected chi connectivity index (χ0v) is 17.6.